The number of benzene rings is 1. The first-order valence-electron chi connectivity index (χ1n) is 5.86. The van der Waals surface area contributed by atoms with Crippen LogP contribution >= 0.6 is 0 Å². The summed E-state index contributed by atoms with van der Waals surface area (Å²) in [5.74, 6) is 1.61. The highest BCUT2D eigenvalue weighted by atomic mass is 16.5. The van der Waals surface area contributed by atoms with Crippen molar-refractivity contribution in [2.75, 3.05) is 34.4 Å². The molecule has 2 N–H and O–H groups in total. The van der Waals surface area contributed by atoms with Crippen LogP contribution in [0.3, 0.4) is 0 Å². The Balaban J connectivity index is 3.06. The Labute approximate surface area is 108 Å². The van der Waals surface area contributed by atoms with Gasteiger partial charge in [-0.15, -0.1) is 0 Å². The summed E-state index contributed by atoms with van der Waals surface area (Å²) >= 11 is 0. The van der Waals surface area contributed by atoms with E-state index in [1.165, 1.54) is 0 Å². The minimum absolute atomic E-state index is 0.481. The molecule has 0 amide bonds. The lowest BCUT2D eigenvalue weighted by molar-refractivity contribution is 0.174. The van der Waals surface area contributed by atoms with E-state index in [1.54, 1.807) is 33.5 Å². The van der Waals surface area contributed by atoms with Gasteiger partial charge in [-0.3, -0.25) is 0 Å². The number of hydrogen-bond acceptors (Lipinski definition) is 5. The van der Waals surface area contributed by atoms with Crippen molar-refractivity contribution < 1.29 is 19.3 Å². The predicted octanol–water partition coefficient (Wildman–Crippen LogP) is 1.36. The highest BCUT2D eigenvalue weighted by Gasteiger charge is 2.16. The van der Waals surface area contributed by atoms with Gasteiger partial charge in [0.15, 0.2) is 11.5 Å². The summed E-state index contributed by atoms with van der Waals surface area (Å²) in [6.45, 7) is 3.28. The molecule has 0 saturated carbocycles. The fraction of sp³-hybridized carbons (Fsp3) is 0.538. The number of likely N-dealkylation sites (N-methyl/N-ethyl adjacent to an activating group) is 1. The molecular formula is C13H21NO4. The Bertz CT molecular complexity index is 356. The van der Waals surface area contributed by atoms with Crippen molar-refractivity contribution in [2.45, 2.75) is 13.0 Å². The summed E-state index contributed by atoms with van der Waals surface area (Å²) < 4.78 is 15.7. The number of nitrogens with one attached hydrogen (secondary N) is 1. The van der Waals surface area contributed by atoms with E-state index >= 15 is 0 Å². The maximum Gasteiger partial charge on any atom is 0.203 e. The second-order valence-electron chi connectivity index (χ2n) is 3.78. The average molecular weight is 255 g/mol. The zero-order valence-corrected chi connectivity index (χ0v) is 11.3. The summed E-state index contributed by atoms with van der Waals surface area (Å²) in [7, 11) is 4.66. The van der Waals surface area contributed by atoms with Crippen LogP contribution in [0.1, 0.15) is 18.6 Å². The minimum Gasteiger partial charge on any atom is -0.493 e. The van der Waals surface area contributed by atoms with Crippen molar-refractivity contribution in [1.29, 1.82) is 0 Å². The summed E-state index contributed by atoms with van der Waals surface area (Å²) in [6, 6.07) is 3.51. The fourth-order valence-corrected chi connectivity index (χ4v) is 1.69. The second-order valence-corrected chi connectivity index (χ2v) is 3.78. The number of ether oxygens (including phenoxy) is 3. The summed E-state index contributed by atoms with van der Waals surface area (Å²) in [6.07, 6.45) is -0.612. The maximum absolute atomic E-state index is 10.0. The van der Waals surface area contributed by atoms with Gasteiger partial charge in [0.1, 0.15) is 0 Å². The summed E-state index contributed by atoms with van der Waals surface area (Å²) in [5, 5.41) is 13.1. The molecule has 1 atom stereocenters. The smallest absolute Gasteiger partial charge is 0.203 e. The van der Waals surface area contributed by atoms with Crippen LogP contribution in [0.5, 0.6) is 17.2 Å². The molecule has 5 heteroatoms. The van der Waals surface area contributed by atoms with E-state index in [2.05, 4.69) is 5.32 Å². The molecule has 1 aromatic carbocycles. The van der Waals surface area contributed by atoms with E-state index in [9.17, 15) is 5.11 Å². The topological polar surface area (TPSA) is 60.0 Å². The minimum atomic E-state index is -0.612. The third kappa shape index (κ3) is 3.27. The van der Waals surface area contributed by atoms with Crippen LogP contribution in [-0.4, -0.2) is 39.5 Å². The van der Waals surface area contributed by atoms with Crippen LogP contribution in [0.15, 0.2) is 12.1 Å². The lowest BCUT2D eigenvalue weighted by atomic mass is 10.1. The van der Waals surface area contributed by atoms with Gasteiger partial charge >= 0.3 is 0 Å². The molecule has 102 valence electrons. The summed E-state index contributed by atoms with van der Waals surface area (Å²) in [4.78, 5) is 0. The zero-order valence-electron chi connectivity index (χ0n) is 11.3. The Morgan fingerprint density at radius 1 is 1.11 bits per heavy atom. The van der Waals surface area contributed by atoms with Gasteiger partial charge in [0.05, 0.1) is 27.4 Å². The van der Waals surface area contributed by atoms with Crippen molar-refractivity contribution in [3.05, 3.63) is 17.7 Å². The Kier molecular flexibility index (Phi) is 5.74. The van der Waals surface area contributed by atoms with Gasteiger partial charge in [0, 0.05) is 6.54 Å². The van der Waals surface area contributed by atoms with Crippen molar-refractivity contribution >= 4 is 0 Å². The Hall–Kier alpha value is -1.46. The van der Waals surface area contributed by atoms with Gasteiger partial charge in [-0.1, -0.05) is 6.92 Å². The first-order chi connectivity index (χ1) is 8.67. The average Bonchev–Trinajstić information content (AvgIpc) is 2.42. The molecule has 0 aromatic heterocycles. The third-order valence-electron chi connectivity index (χ3n) is 2.66. The van der Waals surface area contributed by atoms with E-state index < -0.39 is 6.10 Å². The van der Waals surface area contributed by atoms with Gasteiger partial charge in [0.2, 0.25) is 5.75 Å². The number of rotatable bonds is 7. The van der Waals surface area contributed by atoms with Gasteiger partial charge < -0.3 is 24.6 Å². The fourth-order valence-electron chi connectivity index (χ4n) is 1.69. The molecule has 0 aliphatic carbocycles. The predicted molar refractivity (Wildman–Crippen MR) is 69.6 cm³/mol. The molecule has 1 aromatic rings. The van der Waals surface area contributed by atoms with E-state index in [1.807, 2.05) is 6.92 Å². The standard InChI is InChI=1S/C13H21NO4/c1-5-14-8-10(15)9-6-11(16-2)13(18-4)12(7-9)17-3/h6-7,10,14-15H,5,8H2,1-4H3. The van der Waals surface area contributed by atoms with Crippen LogP contribution in [0, 0.1) is 0 Å². The SMILES string of the molecule is CCNCC(O)c1cc(OC)c(OC)c(OC)c1. The van der Waals surface area contributed by atoms with Gasteiger partial charge in [-0.25, -0.2) is 0 Å². The van der Waals surface area contributed by atoms with Gasteiger partial charge in [-0.2, -0.15) is 0 Å². The van der Waals surface area contributed by atoms with Gasteiger partial charge in [0.25, 0.3) is 0 Å². The van der Waals surface area contributed by atoms with E-state index in [0.29, 0.717) is 23.8 Å². The molecule has 1 unspecified atom stereocenters. The molecule has 5 nitrogen and oxygen atoms in total. The van der Waals surface area contributed by atoms with Crippen LogP contribution in [0.4, 0.5) is 0 Å². The van der Waals surface area contributed by atoms with Crippen LogP contribution in [-0.2, 0) is 0 Å². The largest absolute Gasteiger partial charge is 0.493 e. The van der Waals surface area contributed by atoms with Crippen molar-refractivity contribution in [3.8, 4) is 17.2 Å². The van der Waals surface area contributed by atoms with E-state index in [-0.39, 0.29) is 0 Å². The summed E-state index contributed by atoms with van der Waals surface area (Å²) in [5.41, 5.74) is 0.727. The highest BCUT2D eigenvalue weighted by Crippen LogP contribution is 2.39. The van der Waals surface area contributed by atoms with Crippen LogP contribution in [0.25, 0.3) is 0 Å². The Morgan fingerprint density at radius 2 is 1.67 bits per heavy atom. The Morgan fingerprint density at radius 3 is 2.06 bits per heavy atom. The molecule has 0 spiro atoms. The molecule has 0 radical (unpaired) electrons. The lowest BCUT2D eigenvalue weighted by Gasteiger charge is -2.17. The monoisotopic (exact) mass is 255 g/mol. The molecule has 0 bridgehead atoms. The lowest BCUT2D eigenvalue weighted by Crippen LogP contribution is -2.20. The number of aliphatic hydroxyl groups is 1. The number of methoxy groups -OCH3 is 3. The van der Waals surface area contributed by atoms with Crippen molar-refractivity contribution in [2.24, 2.45) is 0 Å². The first kappa shape index (κ1) is 14.6. The molecule has 0 aliphatic rings. The quantitative estimate of drug-likeness (QED) is 0.770. The van der Waals surface area contributed by atoms with Gasteiger partial charge in [-0.05, 0) is 24.2 Å². The molecule has 0 saturated heterocycles. The molecule has 1 rings (SSSR count). The van der Waals surface area contributed by atoms with Crippen LogP contribution < -0.4 is 19.5 Å². The van der Waals surface area contributed by atoms with Crippen molar-refractivity contribution in [1.82, 2.24) is 5.32 Å². The maximum atomic E-state index is 10.0. The molecular weight excluding hydrogens is 234 g/mol. The highest BCUT2D eigenvalue weighted by molar-refractivity contribution is 5.54. The van der Waals surface area contributed by atoms with E-state index in [4.69, 9.17) is 14.2 Å². The molecule has 0 aliphatic heterocycles. The number of aliphatic hydroxyl groups excluding tert-OH is 1. The van der Waals surface area contributed by atoms with Crippen molar-refractivity contribution in [3.63, 3.8) is 0 Å². The molecule has 0 heterocycles. The number of hydrogen-bond donors (Lipinski definition) is 2. The molecule has 0 fully saturated rings. The normalized spacial score (nSPS) is 12.1. The van der Waals surface area contributed by atoms with Crippen LogP contribution in [0.2, 0.25) is 0 Å². The molecule has 18 heavy (non-hydrogen) atoms. The second kappa shape index (κ2) is 7.08. The zero-order chi connectivity index (χ0) is 13.5. The first-order valence-corrected chi connectivity index (χ1v) is 5.86. The third-order valence-corrected chi connectivity index (χ3v) is 2.66. The van der Waals surface area contributed by atoms with E-state index in [0.717, 1.165) is 12.1 Å².